The predicted octanol–water partition coefficient (Wildman–Crippen LogP) is 4.86. The molecule has 3 atom stereocenters. The van der Waals surface area contributed by atoms with Crippen LogP contribution in [0.25, 0.3) is 10.9 Å². The molecule has 1 saturated heterocycles. The summed E-state index contributed by atoms with van der Waals surface area (Å²) >= 11 is 0. The monoisotopic (exact) mass is 407 g/mol. The Morgan fingerprint density at radius 3 is 2.60 bits per heavy atom. The fraction of sp³-hybridized carbons (Fsp3) is 0.654. The molecule has 3 aliphatic rings. The molecular weight excluding hydrogens is 370 g/mol. The van der Waals surface area contributed by atoms with Gasteiger partial charge in [-0.15, -0.1) is 0 Å². The van der Waals surface area contributed by atoms with Crippen molar-refractivity contribution in [3.63, 3.8) is 0 Å². The van der Waals surface area contributed by atoms with Gasteiger partial charge in [-0.1, -0.05) is 31.9 Å². The summed E-state index contributed by atoms with van der Waals surface area (Å²) < 4.78 is 2.43. The Bertz CT molecular complexity index is 968. The van der Waals surface area contributed by atoms with E-state index in [1.165, 1.54) is 34.9 Å². The lowest BCUT2D eigenvalue weighted by Gasteiger charge is -2.53. The Morgan fingerprint density at radius 1 is 1.20 bits per heavy atom. The third-order valence-corrected chi connectivity index (χ3v) is 8.79. The van der Waals surface area contributed by atoms with Gasteiger partial charge in [0.05, 0.1) is 5.41 Å². The van der Waals surface area contributed by atoms with E-state index < -0.39 is 5.41 Å². The molecular formula is C26H37N3O. The number of primary amides is 1. The number of benzene rings is 1. The van der Waals surface area contributed by atoms with E-state index in [1.54, 1.807) is 0 Å². The first-order valence-corrected chi connectivity index (χ1v) is 11.9. The smallest absolute Gasteiger partial charge is 0.225 e. The zero-order valence-corrected chi connectivity index (χ0v) is 19.0. The van der Waals surface area contributed by atoms with Gasteiger partial charge in [0.2, 0.25) is 5.91 Å². The molecule has 4 heteroatoms. The average molecular weight is 408 g/mol. The molecule has 2 aromatic rings. The third kappa shape index (κ3) is 2.86. The highest BCUT2D eigenvalue weighted by molar-refractivity contribution is 5.90. The second-order valence-corrected chi connectivity index (χ2v) is 10.9. The van der Waals surface area contributed by atoms with Gasteiger partial charge in [-0.05, 0) is 75.6 Å². The Hall–Kier alpha value is -1.81. The van der Waals surface area contributed by atoms with Gasteiger partial charge in [0.25, 0.3) is 0 Å². The van der Waals surface area contributed by atoms with Crippen LogP contribution in [0.5, 0.6) is 0 Å². The van der Waals surface area contributed by atoms with Gasteiger partial charge >= 0.3 is 0 Å². The largest absolute Gasteiger partial charge is 0.369 e. The number of carbonyl (C=O) groups excluding carboxylic acids is 1. The van der Waals surface area contributed by atoms with Crippen LogP contribution < -0.4 is 5.73 Å². The quantitative estimate of drug-likeness (QED) is 0.790. The van der Waals surface area contributed by atoms with E-state index in [4.69, 9.17) is 5.73 Å². The number of hydrogen-bond acceptors (Lipinski definition) is 2. The molecule has 1 aromatic heterocycles. The second-order valence-electron chi connectivity index (χ2n) is 10.9. The minimum atomic E-state index is -0.393. The van der Waals surface area contributed by atoms with Crippen LogP contribution >= 0.6 is 0 Å². The summed E-state index contributed by atoms with van der Waals surface area (Å²) in [5.41, 5.74) is 10.1. The fourth-order valence-electron chi connectivity index (χ4n) is 7.11. The van der Waals surface area contributed by atoms with Gasteiger partial charge in [-0.25, -0.2) is 0 Å². The van der Waals surface area contributed by atoms with Crippen LogP contribution in [0, 0.1) is 17.3 Å². The van der Waals surface area contributed by atoms with Gasteiger partial charge in [-0.3, -0.25) is 4.79 Å². The highest BCUT2D eigenvalue weighted by Crippen LogP contribution is 2.53. The van der Waals surface area contributed by atoms with Crippen LogP contribution in [0.2, 0.25) is 0 Å². The molecule has 1 amide bonds. The number of hydrogen-bond donors (Lipinski definition) is 1. The third-order valence-electron chi connectivity index (χ3n) is 8.79. The molecule has 5 rings (SSSR count). The van der Waals surface area contributed by atoms with Crippen LogP contribution in [-0.4, -0.2) is 35.0 Å². The van der Waals surface area contributed by atoms with Crippen LogP contribution in [-0.2, 0) is 11.2 Å². The topological polar surface area (TPSA) is 51.3 Å². The first-order chi connectivity index (χ1) is 14.3. The van der Waals surface area contributed by atoms with Crippen molar-refractivity contribution < 1.29 is 4.79 Å². The summed E-state index contributed by atoms with van der Waals surface area (Å²) in [6, 6.07) is 7.70. The second kappa shape index (κ2) is 7.12. The van der Waals surface area contributed by atoms with Gasteiger partial charge in [0, 0.05) is 41.6 Å². The van der Waals surface area contributed by atoms with Crippen molar-refractivity contribution in [3.05, 3.63) is 35.5 Å². The summed E-state index contributed by atoms with van der Waals surface area (Å²) in [5, 5.41) is 1.44. The van der Waals surface area contributed by atoms with Gasteiger partial charge < -0.3 is 15.2 Å². The van der Waals surface area contributed by atoms with Crippen molar-refractivity contribution in [3.8, 4) is 0 Å². The standard InChI is InChI=1S/C26H37N3O/c1-16(2)29-14-18-12-23-21(20-6-5-7-22(29)24(18)20)13-26(25(27)30,15-28(23)4)19-10-8-17(3)9-11-19/h5-7,14,16-17,19,21,23H,8-13,15H2,1-4H3,(H2,27,30)/t17?,19?,21-,23-,26?/m0/s1. The first-order valence-electron chi connectivity index (χ1n) is 11.9. The Balaban J connectivity index is 1.59. The molecule has 0 bridgehead atoms. The van der Waals surface area contributed by atoms with Crippen molar-refractivity contribution in [1.29, 1.82) is 0 Å². The maximum Gasteiger partial charge on any atom is 0.225 e. The highest BCUT2D eigenvalue weighted by Gasteiger charge is 2.53. The SMILES string of the molecule is CC1CCC(C2(C(N)=O)C[C@H]3c4cccc5c4c(cn5C(C)C)C[C@@H]3N(C)C2)CC1. The molecule has 2 heterocycles. The van der Waals surface area contributed by atoms with E-state index in [1.807, 2.05) is 0 Å². The number of likely N-dealkylation sites (N-methyl/N-ethyl adjacent to an activating group) is 1. The van der Waals surface area contributed by atoms with Crippen molar-refractivity contribution in [2.45, 2.75) is 77.3 Å². The summed E-state index contributed by atoms with van der Waals surface area (Å²) in [6.07, 6.45) is 9.13. The van der Waals surface area contributed by atoms with E-state index >= 15 is 0 Å². The van der Waals surface area contributed by atoms with Crippen LogP contribution in [0.3, 0.4) is 0 Å². The number of rotatable bonds is 3. The zero-order valence-electron chi connectivity index (χ0n) is 19.0. The van der Waals surface area contributed by atoms with E-state index in [0.717, 1.165) is 38.1 Å². The summed E-state index contributed by atoms with van der Waals surface area (Å²) in [5.74, 6) is 1.53. The van der Waals surface area contributed by atoms with Crippen molar-refractivity contribution in [2.75, 3.05) is 13.6 Å². The van der Waals surface area contributed by atoms with Gasteiger partial charge in [-0.2, -0.15) is 0 Å². The number of fused-ring (bicyclic) bond motifs is 2. The Kier molecular flexibility index (Phi) is 4.77. The normalized spacial score (nSPS) is 34.3. The van der Waals surface area contributed by atoms with Gasteiger partial charge in [0.1, 0.15) is 0 Å². The molecule has 2 fully saturated rings. The fourth-order valence-corrected chi connectivity index (χ4v) is 7.11. The Labute approximate surface area is 180 Å². The highest BCUT2D eigenvalue weighted by atomic mass is 16.1. The number of carbonyl (C=O) groups is 1. The number of nitrogens with two attached hydrogens (primary N) is 1. The molecule has 1 saturated carbocycles. The minimum Gasteiger partial charge on any atom is -0.369 e. The lowest BCUT2D eigenvalue weighted by Crippen LogP contribution is -2.60. The van der Waals surface area contributed by atoms with Crippen LogP contribution in [0.1, 0.15) is 76.0 Å². The van der Waals surface area contributed by atoms with Gasteiger partial charge in [0.15, 0.2) is 0 Å². The average Bonchev–Trinajstić information content (AvgIpc) is 3.09. The zero-order chi connectivity index (χ0) is 21.2. The molecule has 0 radical (unpaired) electrons. The lowest BCUT2D eigenvalue weighted by atomic mass is 9.58. The number of amides is 1. The summed E-state index contributed by atoms with van der Waals surface area (Å²) in [4.78, 5) is 15.5. The first kappa shape index (κ1) is 20.1. The van der Waals surface area contributed by atoms with Crippen molar-refractivity contribution in [2.24, 2.45) is 23.0 Å². The summed E-state index contributed by atoms with van der Waals surface area (Å²) in [6.45, 7) is 7.68. The number of aromatic nitrogens is 1. The molecule has 1 aromatic carbocycles. The van der Waals surface area contributed by atoms with Crippen LogP contribution in [0.15, 0.2) is 24.4 Å². The van der Waals surface area contributed by atoms with E-state index in [0.29, 0.717) is 23.9 Å². The minimum absolute atomic E-state index is 0.0647. The number of nitrogens with zero attached hydrogens (tertiary/aromatic N) is 2. The van der Waals surface area contributed by atoms with Crippen molar-refractivity contribution in [1.82, 2.24) is 9.47 Å². The van der Waals surface area contributed by atoms with Crippen LogP contribution in [0.4, 0.5) is 0 Å². The van der Waals surface area contributed by atoms with E-state index in [9.17, 15) is 4.79 Å². The Morgan fingerprint density at radius 2 is 1.93 bits per heavy atom. The molecule has 162 valence electrons. The number of piperidine rings is 1. The molecule has 2 aliphatic carbocycles. The summed E-state index contributed by atoms with van der Waals surface area (Å²) in [7, 11) is 2.23. The molecule has 1 aliphatic heterocycles. The predicted molar refractivity (Wildman–Crippen MR) is 123 cm³/mol. The molecule has 0 spiro atoms. The van der Waals surface area contributed by atoms with E-state index in [2.05, 4.69) is 61.7 Å². The molecule has 2 N–H and O–H groups in total. The maximum atomic E-state index is 13.1. The van der Waals surface area contributed by atoms with Crippen molar-refractivity contribution >= 4 is 16.8 Å². The molecule has 1 unspecified atom stereocenters. The maximum absolute atomic E-state index is 13.1. The molecule has 30 heavy (non-hydrogen) atoms. The lowest BCUT2D eigenvalue weighted by molar-refractivity contribution is -0.139. The molecule has 4 nitrogen and oxygen atoms in total. The van der Waals surface area contributed by atoms with E-state index in [-0.39, 0.29) is 5.91 Å². The number of likely N-dealkylation sites (tertiary alicyclic amines) is 1.